The molecule has 148 valence electrons. The number of likely N-dealkylation sites (tertiary alicyclic amines) is 1. The lowest BCUT2D eigenvalue weighted by molar-refractivity contribution is -0.135. The van der Waals surface area contributed by atoms with Crippen molar-refractivity contribution in [2.75, 3.05) is 44.6 Å². The first kappa shape index (κ1) is 18.8. The third-order valence-corrected chi connectivity index (χ3v) is 5.14. The summed E-state index contributed by atoms with van der Waals surface area (Å²) in [5.74, 6) is 1.57. The number of hydrogen-bond acceptors (Lipinski definition) is 7. The number of hydrogen-bond donors (Lipinski definition) is 1. The molecule has 2 saturated heterocycles. The Morgan fingerprint density at radius 2 is 2.04 bits per heavy atom. The van der Waals surface area contributed by atoms with Crippen molar-refractivity contribution < 1.29 is 9.53 Å². The number of morpholine rings is 1. The van der Waals surface area contributed by atoms with Gasteiger partial charge < -0.3 is 15.0 Å². The van der Waals surface area contributed by atoms with Crippen LogP contribution in [0.1, 0.15) is 31.1 Å². The molecule has 28 heavy (non-hydrogen) atoms. The van der Waals surface area contributed by atoms with Gasteiger partial charge in [-0.2, -0.15) is 0 Å². The van der Waals surface area contributed by atoms with E-state index < -0.39 is 0 Å². The molecule has 4 heterocycles. The summed E-state index contributed by atoms with van der Waals surface area (Å²) in [5.41, 5.74) is 0.851. The summed E-state index contributed by atoms with van der Waals surface area (Å²) in [6.07, 6.45) is 8.23. The van der Waals surface area contributed by atoms with Crippen molar-refractivity contribution in [2.45, 2.75) is 25.4 Å². The van der Waals surface area contributed by atoms with E-state index in [2.05, 4.69) is 25.2 Å². The Bertz CT molecular complexity index is 781. The molecule has 0 unspecified atom stereocenters. The molecule has 2 aliphatic rings. The highest BCUT2D eigenvalue weighted by molar-refractivity contribution is 5.78. The van der Waals surface area contributed by atoms with Crippen LogP contribution in [0.2, 0.25) is 0 Å². The molecule has 0 bridgehead atoms. The maximum Gasteiger partial charge on any atom is 0.236 e. The molecule has 2 aromatic rings. The summed E-state index contributed by atoms with van der Waals surface area (Å²) < 4.78 is 5.94. The first-order chi connectivity index (χ1) is 13.8. The van der Waals surface area contributed by atoms with Gasteiger partial charge in [-0.15, -0.1) is 0 Å². The van der Waals surface area contributed by atoms with Crippen LogP contribution < -0.4 is 5.32 Å². The third kappa shape index (κ3) is 4.82. The van der Waals surface area contributed by atoms with Gasteiger partial charge in [0.05, 0.1) is 25.0 Å². The topological polar surface area (TPSA) is 83.5 Å². The Labute approximate surface area is 164 Å². The fourth-order valence-corrected chi connectivity index (χ4v) is 3.65. The van der Waals surface area contributed by atoms with Gasteiger partial charge in [0.1, 0.15) is 17.7 Å². The summed E-state index contributed by atoms with van der Waals surface area (Å²) in [6, 6.07) is 5.79. The van der Waals surface area contributed by atoms with Crippen LogP contribution in [0.4, 0.5) is 11.6 Å². The number of nitrogens with zero attached hydrogens (tertiary/aromatic N) is 5. The van der Waals surface area contributed by atoms with Crippen LogP contribution in [0.15, 0.2) is 36.8 Å². The van der Waals surface area contributed by atoms with Crippen LogP contribution in [0.5, 0.6) is 0 Å². The number of piperidine rings is 1. The Morgan fingerprint density at radius 3 is 2.86 bits per heavy atom. The van der Waals surface area contributed by atoms with E-state index in [0.29, 0.717) is 31.3 Å². The zero-order valence-corrected chi connectivity index (χ0v) is 16.0. The van der Waals surface area contributed by atoms with Gasteiger partial charge >= 0.3 is 0 Å². The van der Waals surface area contributed by atoms with Crippen molar-refractivity contribution in [2.24, 2.45) is 0 Å². The molecule has 0 aromatic carbocycles. The van der Waals surface area contributed by atoms with E-state index in [1.807, 2.05) is 23.1 Å². The molecule has 8 nitrogen and oxygen atoms in total. The van der Waals surface area contributed by atoms with Crippen LogP contribution in [-0.4, -0.2) is 70.0 Å². The number of amides is 1. The van der Waals surface area contributed by atoms with E-state index in [4.69, 9.17) is 4.74 Å². The monoisotopic (exact) mass is 382 g/mol. The van der Waals surface area contributed by atoms with Gasteiger partial charge in [0, 0.05) is 38.6 Å². The first-order valence-electron chi connectivity index (χ1n) is 9.90. The van der Waals surface area contributed by atoms with Crippen molar-refractivity contribution in [3.8, 4) is 0 Å². The fourth-order valence-electron chi connectivity index (χ4n) is 3.65. The minimum Gasteiger partial charge on any atom is -0.369 e. The number of ether oxygens (including phenoxy) is 1. The van der Waals surface area contributed by atoms with Crippen LogP contribution in [0.3, 0.4) is 0 Å². The predicted molar refractivity (Wildman–Crippen MR) is 105 cm³/mol. The van der Waals surface area contributed by atoms with Crippen LogP contribution in [0, 0.1) is 0 Å². The van der Waals surface area contributed by atoms with Gasteiger partial charge in [-0.05, 0) is 31.4 Å². The molecule has 4 rings (SSSR count). The first-order valence-corrected chi connectivity index (χ1v) is 9.90. The van der Waals surface area contributed by atoms with E-state index in [1.165, 1.54) is 6.42 Å². The Kier molecular flexibility index (Phi) is 6.08. The van der Waals surface area contributed by atoms with E-state index in [0.717, 1.165) is 38.2 Å². The maximum atomic E-state index is 12.6. The fraction of sp³-hybridized carbons (Fsp3) is 0.500. The van der Waals surface area contributed by atoms with Crippen molar-refractivity contribution in [1.29, 1.82) is 0 Å². The molecule has 8 heteroatoms. The van der Waals surface area contributed by atoms with Gasteiger partial charge in [0.15, 0.2) is 0 Å². The molecular formula is C20H26N6O2. The average Bonchev–Trinajstić information content (AvgIpc) is 2.75. The average molecular weight is 382 g/mol. The molecule has 0 radical (unpaired) electrons. The lowest BCUT2D eigenvalue weighted by Crippen LogP contribution is -2.46. The summed E-state index contributed by atoms with van der Waals surface area (Å²) in [6.45, 7) is 4.28. The zero-order chi connectivity index (χ0) is 19.2. The number of rotatable bonds is 5. The number of pyridine rings is 1. The van der Waals surface area contributed by atoms with E-state index in [1.54, 1.807) is 18.6 Å². The molecule has 1 N–H and O–H groups in total. The summed E-state index contributed by atoms with van der Waals surface area (Å²) >= 11 is 0. The van der Waals surface area contributed by atoms with Gasteiger partial charge in [-0.1, -0.05) is 6.07 Å². The highest BCUT2D eigenvalue weighted by atomic mass is 16.5. The molecule has 0 saturated carbocycles. The zero-order valence-electron chi connectivity index (χ0n) is 16.0. The Balaban J connectivity index is 1.37. The van der Waals surface area contributed by atoms with Crippen molar-refractivity contribution in [3.63, 3.8) is 0 Å². The summed E-state index contributed by atoms with van der Waals surface area (Å²) in [4.78, 5) is 29.7. The van der Waals surface area contributed by atoms with Crippen LogP contribution in [-0.2, 0) is 9.53 Å². The molecule has 1 amide bonds. The van der Waals surface area contributed by atoms with Crippen molar-refractivity contribution >= 4 is 17.5 Å². The van der Waals surface area contributed by atoms with E-state index in [9.17, 15) is 4.79 Å². The lowest BCUT2D eigenvalue weighted by Gasteiger charge is -2.34. The SMILES string of the molecule is O=C(CN1CCO[C@@H](c2cccc(Nc3cnccn3)n2)C1)N1CCCCC1. The second kappa shape index (κ2) is 9.07. The standard InChI is InChI=1S/C20H26N6O2/c27-20(26-9-2-1-3-10-26)15-25-11-12-28-17(14-25)16-5-4-6-18(23-16)24-19-13-21-7-8-22-19/h4-8,13,17H,1-3,9-12,14-15H2,(H,22,23,24)/t17-/m1/s1. The van der Waals surface area contributed by atoms with Gasteiger partial charge in [0.25, 0.3) is 0 Å². The molecule has 2 aliphatic heterocycles. The number of aromatic nitrogens is 3. The smallest absolute Gasteiger partial charge is 0.236 e. The lowest BCUT2D eigenvalue weighted by atomic mass is 10.1. The molecule has 0 spiro atoms. The Morgan fingerprint density at radius 1 is 1.14 bits per heavy atom. The summed E-state index contributed by atoms with van der Waals surface area (Å²) in [7, 11) is 0. The van der Waals surface area contributed by atoms with Gasteiger partial charge in [-0.3, -0.25) is 14.7 Å². The van der Waals surface area contributed by atoms with Crippen LogP contribution in [0.25, 0.3) is 0 Å². The number of carbonyl (C=O) groups excluding carboxylic acids is 1. The molecule has 2 aromatic heterocycles. The number of carbonyl (C=O) groups is 1. The minimum absolute atomic E-state index is 0.147. The maximum absolute atomic E-state index is 12.6. The third-order valence-electron chi connectivity index (χ3n) is 5.14. The number of nitrogens with one attached hydrogen (secondary N) is 1. The molecular weight excluding hydrogens is 356 g/mol. The van der Waals surface area contributed by atoms with Gasteiger partial charge in [0.2, 0.25) is 5.91 Å². The highest BCUT2D eigenvalue weighted by Crippen LogP contribution is 2.23. The highest BCUT2D eigenvalue weighted by Gasteiger charge is 2.26. The van der Waals surface area contributed by atoms with Crippen LogP contribution >= 0.6 is 0 Å². The van der Waals surface area contributed by atoms with Crippen molar-refractivity contribution in [3.05, 3.63) is 42.5 Å². The number of anilines is 2. The second-order valence-electron chi connectivity index (χ2n) is 7.20. The van der Waals surface area contributed by atoms with E-state index >= 15 is 0 Å². The molecule has 1 atom stereocenters. The molecule has 2 fully saturated rings. The quantitative estimate of drug-likeness (QED) is 0.847. The molecule has 0 aliphatic carbocycles. The van der Waals surface area contributed by atoms with E-state index in [-0.39, 0.29) is 12.0 Å². The van der Waals surface area contributed by atoms with Crippen molar-refractivity contribution in [1.82, 2.24) is 24.8 Å². The normalized spacial score (nSPS) is 20.7. The largest absolute Gasteiger partial charge is 0.369 e. The second-order valence-corrected chi connectivity index (χ2v) is 7.20. The van der Waals surface area contributed by atoms with Gasteiger partial charge in [-0.25, -0.2) is 9.97 Å². The minimum atomic E-state index is -0.147. The Hall–Kier alpha value is -2.58. The predicted octanol–water partition coefficient (Wildman–Crippen LogP) is 2.00. The summed E-state index contributed by atoms with van der Waals surface area (Å²) in [5, 5.41) is 3.16.